The number of hydrogen-bond donors (Lipinski definition) is 1. The molecule has 0 radical (unpaired) electrons. The molecule has 2 rings (SSSR count). The van der Waals surface area contributed by atoms with Gasteiger partial charge < -0.3 is 9.84 Å². The molecule has 1 unspecified atom stereocenters. The monoisotopic (exact) mass is 263 g/mol. The molecule has 19 heavy (non-hydrogen) atoms. The number of carboxylic acid groups (broad SMARTS) is 1. The SMILES string of the molecule is Cc1cc(C)cc(N2C(=O)OCCC2CC(=O)O)c1. The summed E-state index contributed by atoms with van der Waals surface area (Å²) in [6.07, 6.45) is -0.00451. The molecule has 102 valence electrons. The normalized spacial score (nSPS) is 19.2. The number of ether oxygens (including phenoxy) is 1. The van der Waals surface area contributed by atoms with Crippen LogP contribution in [0.5, 0.6) is 0 Å². The van der Waals surface area contributed by atoms with E-state index < -0.39 is 12.1 Å². The predicted octanol–water partition coefficient (Wildman–Crippen LogP) is 2.49. The van der Waals surface area contributed by atoms with E-state index in [2.05, 4.69) is 0 Å². The fraction of sp³-hybridized carbons (Fsp3) is 0.429. The smallest absolute Gasteiger partial charge is 0.414 e. The molecular formula is C14H17NO4. The second-order valence-electron chi connectivity index (χ2n) is 4.87. The van der Waals surface area contributed by atoms with Gasteiger partial charge in [-0.2, -0.15) is 0 Å². The maximum atomic E-state index is 11.9. The highest BCUT2D eigenvalue weighted by Gasteiger charge is 2.32. The maximum Gasteiger partial charge on any atom is 0.414 e. The number of anilines is 1. The van der Waals surface area contributed by atoms with Crippen molar-refractivity contribution in [2.75, 3.05) is 11.5 Å². The largest absolute Gasteiger partial charge is 0.481 e. The first-order chi connectivity index (χ1) is 8.97. The third kappa shape index (κ3) is 3.05. The minimum Gasteiger partial charge on any atom is -0.481 e. The van der Waals surface area contributed by atoms with E-state index >= 15 is 0 Å². The molecule has 0 spiro atoms. The zero-order chi connectivity index (χ0) is 14.0. The van der Waals surface area contributed by atoms with Gasteiger partial charge in [0.05, 0.1) is 19.1 Å². The number of nitrogens with zero attached hydrogens (tertiary/aromatic N) is 1. The second kappa shape index (κ2) is 5.30. The summed E-state index contributed by atoms with van der Waals surface area (Å²) in [5, 5.41) is 8.95. The minimum atomic E-state index is -0.908. The number of carbonyl (C=O) groups excluding carboxylic acids is 1. The lowest BCUT2D eigenvalue weighted by atomic mass is 10.0. The molecule has 0 aromatic heterocycles. The van der Waals surface area contributed by atoms with Crippen LogP contribution >= 0.6 is 0 Å². The van der Waals surface area contributed by atoms with E-state index in [9.17, 15) is 9.59 Å². The topological polar surface area (TPSA) is 66.8 Å². The molecule has 0 aliphatic carbocycles. The Bertz CT molecular complexity index is 492. The van der Waals surface area contributed by atoms with Crippen molar-refractivity contribution in [3.05, 3.63) is 29.3 Å². The Morgan fingerprint density at radius 1 is 1.37 bits per heavy atom. The van der Waals surface area contributed by atoms with E-state index in [0.29, 0.717) is 12.1 Å². The zero-order valence-corrected chi connectivity index (χ0v) is 11.0. The van der Waals surface area contributed by atoms with Gasteiger partial charge in [-0.05, 0) is 37.1 Å². The van der Waals surface area contributed by atoms with Crippen LogP contribution in [0, 0.1) is 13.8 Å². The van der Waals surface area contributed by atoms with Gasteiger partial charge >= 0.3 is 12.1 Å². The Hall–Kier alpha value is -2.04. The first kappa shape index (κ1) is 13.4. The van der Waals surface area contributed by atoms with Crippen molar-refractivity contribution in [3.63, 3.8) is 0 Å². The van der Waals surface area contributed by atoms with Gasteiger partial charge in [-0.3, -0.25) is 9.69 Å². The van der Waals surface area contributed by atoms with Crippen molar-refractivity contribution < 1.29 is 19.4 Å². The predicted molar refractivity (Wildman–Crippen MR) is 70.4 cm³/mol. The number of carboxylic acids is 1. The van der Waals surface area contributed by atoms with Crippen molar-refractivity contribution in [1.82, 2.24) is 0 Å². The standard InChI is InChI=1S/C14H17NO4/c1-9-5-10(2)7-12(6-9)15-11(8-13(16)17)3-4-19-14(15)18/h5-7,11H,3-4,8H2,1-2H3,(H,16,17). The molecule has 5 heteroatoms. The lowest BCUT2D eigenvalue weighted by molar-refractivity contribution is -0.137. The molecule has 1 heterocycles. The average molecular weight is 263 g/mol. The quantitative estimate of drug-likeness (QED) is 0.909. The van der Waals surface area contributed by atoms with Gasteiger partial charge in [0.15, 0.2) is 0 Å². The Balaban J connectivity index is 2.35. The van der Waals surface area contributed by atoms with Gasteiger partial charge in [0.2, 0.25) is 0 Å². The van der Waals surface area contributed by atoms with Crippen molar-refractivity contribution in [2.45, 2.75) is 32.7 Å². The molecule has 0 saturated carbocycles. The van der Waals surface area contributed by atoms with Crippen LogP contribution < -0.4 is 4.90 Å². The molecule has 1 aromatic rings. The number of aliphatic carboxylic acids is 1. The summed E-state index contributed by atoms with van der Waals surface area (Å²) in [6.45, 7) is 4.16. The summed E-state index contributed by atoms with van der Waals surface area (Å²) in [6, 6.07) is 5.40. The first-order valence-electron chi connectivity index (χ1n) is 6.23. The molecule has 1 fully saturated rings. The minimum absolute atomic E-state index is 0.0674. The molecule has 5 nitrogen and oxygen atoms in total. The van der Waals surface area contributed by atoms with E-state index in [1.54, 1.807) is 0 Å². The third-order valence-corrected chi connectivity index (χ3v) is 3.13. The number of cyclic esters (lactones) is 1. The van der Waals surface area contributed by atoms with Gasteiger partial charge in [0, 0.05) is 12.1 Å². The Labute approximate surface area is 111 Å². The lowest BCUT2D eigenvalue weighted by Gasteiger charge is -2.34. The summed E-state index contributed by atoms with van der Waals surface area (Å²) in [7, 11) is 0. The van der Waals surface area contributed by atoms with E-state index in [0.717, 1.165) is 11.1 Å². The number of rotatable bonds is 3. The highest BCUT2D eigenvalue weighted by atomic mass is 16.6. The molecule has 1 N–H and O–H groups in total. The number of carbonyl (C=O) groups is 2. The van der Waals surface area contributed by atoms with Gasteiger partial charge in [0.1, 0.15) is 0 Å². The van der Waals surface area contributed by atoms with Crippen LogP contribution in [-0.4, -0.2) is 29.8 Å². The number of amides is 1. The van der Waals surface area contributed by atoms with Crippen molar-refractivity contribution in [1.29, 1.82) is 0 Å². The zero-order valence-electron chi connectivity index (χ0n) is 11.0. The van der Waals surface area contributed by atoms with Crippen molar-refractivity contribution in [3.8, 4) is 0 Å². The first-order valence-corrected chi connectivity index (χ1v) is 6.23. The van der Waals surface area contributed by atoms with E-state index in [1.165, 1.54) is 4.90 Å². The van der Waals surface area contributed by atoms with Crippen LogP contribution in [0.25, 0.3) is 0 Å². The molecular weight excluding hydrogens is 246 g/mol. The number of hydrogen-bond acceptors (Lipinski definition) is 3. The Kier molecular flexibility index (Phi) is 3.74. The summed E-state index contributed by atoms with van der Waals surface area (Å²) in [4.78, 5) is 24.3. The van der Waals surface area contributed by atoms with Crippen LogP contribution in [0.3, 0.4) is 0 Å². The van der Waals surface area contributed by atoms with Gasteiger partial charge in [-0.15, -0.1) is 0 Å². The molecule has 1 atom stereocenters. The highest BCUT2D eigenvalue weighted by molar-refractivity contribution is 5.90. The Morgan fingerprint density at radius 3 is 2.58 bits per heavy atom. The fourth-order valence-electron chi connectivity index (χ4n) is 2.43. The van der Waals surface area contributed by atoms with Crippen LogP contribution in [0.2, 0.25) is 0 Å². The summed E-state index contributed by atoms with van der Waals surface area (Å²) >= 11 is 0. The van der Waals surface area contributed by atoms with Crippen LogP contribution in [0.15, 0.2) is 18.2 Å². The summed E-state index contributed by atoms with van der Waals surface area (Å²) in [5.74, 6) is -0.908. The highest BCUT2D eigenvalue weighted by Crippen LogP contribution is 2.27. The third-order valence-electron chi connectivity index (χ3n) is 3.13. The van der Waals surface area contributed by atoms with E-state index in [1.807, 2.05) is 32.0 Å². The average Bonchev–Trinajstić information content (AvgIpc) is 2.26. The molecule has 1 aromatic carbocycles. The van der Waals surface area contributed by atoms with Crippen molar-refractivity contribution in [2.24, 2.45) is 0 Å². The van der Waals surface area contributed by atoms with Gasteiger partial charge in [-0.25, -0.2) is 4.79 Å². The summed E-state index contributed by atoms with van der Waals surface area (Å²) < 4.78 is 5.03. The van der Waals surface area contributed by atoms with Gasteiger partial charge in [-0.1, -0.05) is 6.07 Å². The molecule has 0 bridgehead atoms. The number of benzene rings is 1. The van der Waals surface area contributed by atoms with Crippen LogP contribution in [0.4, 0.5) is 10.5 Å². The molecule has 1 saturated heterocycles. The maximum absolute atomic E-state index is 11.9. The lowest BCUT2D eigenvalue weighted by Crippen LogP contribution is -2.47. The second-order valence-corrected chi connectivity index (χ2v) is 4.87. The molecule has 1 amide bonds. The van der Waals surface area contributed by atoms with Crippen LogP contribution in [0.1, 0.15) is 24.0 Å². The fourth-order valence-corrected chi connectivity index (χ4v) is 2.43. The van der Waals surface area contributed by atoms with E-state index in [-0.39, 0.29) is 19.1 Å². The summed E-state index contributed by atoms with van der Waals surface area (Å²) in [5.41, 5.74) is 2.76. The molecule has 1 aliphatic rings. The van der Waals surface area contributed by atoms with Gasteiger partial charge in [0.25, 0.3) is 0 Å². The van der Waals surface area contributed by atoms with E-state index in [4.69, 9.17) is 9.84 Å². The van der Waals surface area contributed by atoms with Crippen molar-refractivity contribution >= 4 is 17.7 Å². The Morgan fingerprint density at radius 2 is 2.00 bits per heavy atom. The number of aryl methyl sites for hydroxylation is 2. The van der Waals surface area contributed by atoms with Crippen LogP contribution in [-0.2, 0) is 9.53 Å². The molecule has 1 aliphatic heterocycles.